The molecule has 0 spiro atoms. The molecular formula is C15H25N3O. The smallest absolute Gasteiger partial charge is 0.133 e. The minimum atomic E-state index is 0.304. The monoisotopic (exact) mass is 263 g/mol. The Bertz CT molecular complexity index is 393. The van der Waals surface area contributed by atoms with E-state index in [1.54, 1.807) is 0 Å². The van der Waals surface area contributed by atoms with E-state index in [9.17, 15) is 0 Å². The normalized spacial score (nSPS) is 16.4. The fourth-order valence-electron chi connectivity index (χ4n) is 2.06. The van der Waals surface area contributed by atoms with Crippen molar-refractivity contribution in [2.24, 2.45) is 5.92 Å². The molecule has 1 aromatic heterocycles. The second-order valence-electron chi connectivity index (χ2n) is 5.37. The van der Waals surface area contributed by atoms with Gasteiger partial charge in [-0.3, -0.25) is 0 Å². The predicted molar refractivity (Wildman–Crippen MR) is 78.5 cm³/mol. The zero-order valence-corrected chi connectivity index (χ0v) is 12.2. The maximum absolute atomic E-state index is 5.69. The molecule has 4 heteroatoms. The van der Waals surface area contributed by atoms with Crippen LogP contribution >= 0.6 is 0 Å². The van der Waals surface area contributed by atoms with Gasteiger partial charge in [0, 0.05) is 38.0 Å². The molecule has 0 aromatic carbocycles. The molecule has 1 atom stereocenters. The number of rotatable bonds is 8. The Morgan fingerprint density at radius 1 is 1.53 bits per heavy atom. The van der Waals surface area contributed by atoms with Crippen molar-refractivity contribution in [1.29, 1.82) is 0 Å². The summed E-state index contributed by atoms with van der Waals surface area (Å²) in [5, 5.41) is 3.27. The van der Waals surface area contributed by atoms with Gasteiger partial charge in [-0.05, 0) is 38.8 Å². The highest BCUT2D eigenvalue weighted by Crippen LogP contribution is 2.28. The molecule has 1 aromatic rings. The minimum absolute atomic E-state index is 0.304. The summed E-state index contributed by atoms with van der Waals surface area (Å²) < 4.78 is 5.69. The number of hydrogen-bond acceptors (Lipinski definition) is 4. The quantitative estimate of drug-likeness (QED) is 0.730. The van der Waals surface area contributed by atoms with Crippen molar-refractivity contribution in [3.8, 4) is 0 Å². The maximum Gasteiger partial charge on any atom is 0.133 e. The van der Waals surface area contributed by atoms with Crippen LogP contribution in [0.5, 0.6) is 0 Å². The SMILES string of the molecule is CNC(C)c1cccnc1N(C)CCOCC1CC1. The highest BCUT2D eigenvalue weighted by Gasteiger charge is 2.21. The van der Waals surface area contributed by atoms with Gasteiger partial charge in [0.15, 0.2) is 0 Å². The second kappa shape index (κ2) is 6.87. The number of aromatic nitrogens is 1. The molecule has 0 amide bonds. The van der Waals surface area contributed by atoms with Crippen LogP contribution in [0.1, 0.15) is 31.4 Å². The van der Waals surface area contributed by atoms with Crippen LogP contribution in [0.15, 0.2) is 18.3 Å². The van der Waals surface area contributed by atoms with E-state index in [1.165, 1.54) is 18.4 Å². The number of ether oxygens (including phenoxy) is 1. The van der Waals surface area contributed by atoms with Crippen molar-refractivity contribution in [3.63, 3.8) is 0 Å². The molecule has 1 N–H and O–H groups in total. The number of nitrogens with one attached hydrogen (secondary N) is 1. The van der Waals surface area contributed by atoms with Gasteiger partial charge in [0.2, 0.25) is 0 Å². The first-order valence-corrected chi connectivity index (χ1v) is 7.13. The van der Waals surface area contributed by atoms with E-state index in [-0.39, 0.29) is 0 Å². The van der Waals surface area contributed by atoms with Crippen molar-refractivity contribution in [2.75, 3.05) is 38.8 Å². The molecule has 1 aliphatic carbocycles. The van der Waals surface area contributed by atoms with Gasteiger partial charge in [-0.15, -0.1) is 0 Å². The summed E-state index contributed by atoms with van der Waals surface area (Å²) >= 11 is 0. The van der Waals surface area contributed by atoms with Crippen LogP contribution in [0, 0.1) is 5.92 Å². The fourth-order valence-corrected chi connectivity index (χ4v) is 2.06. The van der Waals surface area contributed by atoms with E-state index in [4.69, 9.17) is 4.74 Å². The van der Waals surface area contributed by atoms with Crippen LogP contribution < -0.4 is 10.2 Å². The van der Waals surface area contributed by atoms with E-state index in [0.29, 0.717) is 6.04 Å². The molecule has 0 aliphatic heterocycles. The highest BCUT2D eigenvalue weighted by atomic mass is 16.5. The topological polar surface area (TPSA) is 37.4 Å². The van der Waals surface area contributed by atoms with Crippen molar-refractivity contribution in [2.45, 2.75) is 25.8 Å². The van der Waals surface area contributed by atoms with Gasteiger partial charge in [0.25, 0.3) is 0 Å². The summed E-state index contributed by atoms with van der Waals surface area (Å²) in [6.45, 7) is 4.73. The summed E-state index contributed by atoms with van der Waals surface area (Å²) in [4.78, 5) is 6.68. The molecule has 1 fully saturated rings. The summed E-state index contributed by atoms with van der Waals surface area (Å²) in [7, 11) is 4.05. The summed E-state index contributed by atoms with van der Waals surface area (Å²) in [6, 6.07) is 4.42. The van der Waals surface area contributed by atoms with Crippen LogP contribution in [-0.2, 0) is 4.74 Å². The minimum Gasteiger partial charge on any atom is -0.379 e. The van der Waals surface area contributed by atoms with Crippen LogP contribution in [0.3, 0.4) is 0 Å². The van der Waals surface area contributed by atoms with E-state index in [1.807, 2.05) is 19.3 Å². The Balaban J connectivity index is 1.87. The molecule has 1 aliphatic rings. The Labute approximate surface area is 116 Å². The zero-order chi connectivity index (χ0) is 13.7. The molecule has 0 bridgehead atoms. The van der Waals surface area contributed by atoms with E-state index in [2.05, 4.69) is 35.2 Å². The van der Waals surface area contributed by atoms with E-state index < -0.39 is 0 Å². The highest BCUT2D eigenvalue weighted by molar-refractivity contribution is 5.47. The molecule has 1 unspecified atom stereocenters. The average molecular weight is 263 g/mol. The van der Waals surface area contributed by atoms with Crippen molar-refractivity contribution < 1.29 is 4.74 Å². The molecule has 0 radical (unpaired) electrons. The largest absolute Gasteiger partial charge is 0.379 e. The molecule has 0 saturated heterocycles. The summed E-state index contributed by atoms with van der Waals surface area (Å²) in [6.07, 6.45) is 4.54. The number of anilines is 1. The number of hydrogen-bond donors (Lipinski definition) is 1. The van der Waals surface area contributed by atoms with Crippen LogP contribution in [0.4, 0.5) is 5.82 Å². The third-order valence-electron chi connectivity index (χ3n) is 3.70. The van der Waals surface area contributed by atoms with Gasteiger partial charge in [-0.1, -0.05) is 6.07 Å². The van der Waals surface area contributed by atoms with Gasteiger partial charge < -0.3 is 15.0 Å². The molecular weight excluding hydrogens is 238 g/mol. The second-order valence-corrected chi connectivity index (χ2v) is 5.37. The molecule has 4 nitrogen and oxygen atoms in total. The lowest BCUT2D eigenvalue weighted by atomic mass is 10.1. The van der Waals surface area contributed by atoms with Gasteiger partial charge in [-0.25, -0.2) is 4.98 Å². The van der Waals surface area contributed by atoms with Crippen molar-refractivity contribution in [3.05, 3.63) is 23.9 Å². The average Bonchev–Trinajstić information content (AvgIpc) is 3.26. The lowest BCUT2D eigenvalue weighted by Gasteiger charge is -2.23. The summed E-state index contributed by atoms with van der Waals surface area (Å²) in [5.41, 5.74) is 1.23. The first kappa shape index (κ1) is 14.3. The Kier molecular flexibility index (Phi) is 5.16. The van der Waals surface area contributed by atoms with Gasteiger partial charge >= 0.3 is 0 Å². The molecule has 1 saturated carbocycles. The molecule has 2 rings (SSSR count). The standard InChI is InChI=1S/C15H25N3O/c1-12(16-2)14-5-4-8-17-15(14)18(3)9-10-19-11-13-6-7-13/h4-5,8,12-13,16H,6-7,9-11H2,1-3H3. The third-order valence-corrected chi connectivity index (χ3v) is 3.70. The first-order valence-electron chi connectivity index (χ1n) is 7.13. The molecule has 106 valence electrons. The van der Waals surface area contributed by atoms with Crippen LogP contribution in [0.2, 0.25) is 0 Å². The predicted octanol–water partition coefficient (Wildman–Crippen LogP) is 2.22. The Hall–Kier alpha value is -1.13. The van der Waals surface area contributed by atoms with Crippen LogP contribution in [-0.4, -0.2) is 38.8 Å². The van der Waals surface area contributed by atoms with Crippen molar-refractivity contribution in [1.82, 2.24) is 10.3 Å². The van der Waals surface area contributed by atoms with Gasteiger partial charge in [0.1, 0.15) is 5.82 Å². The van der Waals surface area contributed by atoms with Crippen LogP contribution in [0.25, 0.3) is 0 Å². The molecule has 19 heavy (non-hydrogen) atoms. The lowest BCUT2D eigenvalue weighted by Crippen LogP contribution is -2.26. The Morgan fingerprint density at radius 2 is 2.32 bits per heavy atom. The zero-order valence-electron chi connectivity index (χ0n) is 12.2. The van der Waals surface area contributed by atoms with Gasteiger partial charge in [-0.2, -0.15) is 0 Å². The van der Waals surface area contributed by atoms with Gasteiger partial charge in [0.05, 0.1) is 6.61 Å². The fraction of sp³-hybridized carbons (Fsp3) is 0.667. The number of pyridine rings is 1. The first-order chi connectivity index (χ1) is 9.22. The number of likely N-dealkylation sites (N-methyl/N-ethyl adjacent to an activating group) is 1. The van der Waals surface area contributed by atoms with E-state index >= 15 is 0 Å². The Morgan fingerprint density at radius 3 is 3.00 bits per heavy atom. The summed E-state index contributed by atoms with van der Waals surface area (Å²) in [5.74, 6) is 1.87. The van der Waals surface area contributed by atoms with Crippen molar-refractivity contribution >= 4 is 5.82 Å². The van der Waals surface area contributed by atoms with E-state index in [0.717, 1.165) is 31.5 Å². The third kappa shape index (κ3) is 4.18. The maximum atomic E-state index is 5.69. The lowest BCUT2D eigenvalue weighted by molar-refractivity contribution is 0.130. The number of nitrogens with zero attached hydrogens (tertiary/aromatic N) is 2. The molecule has 1 heterocycles.